The lowest BCUT2D eigenvalue weighted by atomic mass is 10.1. The molecule has 2 aromatic rings. The lowest BCUT2D eigenvalue weighted by molar-refractivity contribution is -0.152. The molecule has 0 spiro atoms. The Balaban J connectivity index is 1.93. The Bertz CT molecular complexity index is 748. The molecule has 128 valence electrons. The van der Waals surface area contributed by atoms with Crippen LogP contribution in [0.3, 0.4) is 0 Å². The average molecular weight is 329 g/mol. The first-order chi connectivity index (χ1) is 11.3. The van der Waals surface area contributed by atoms with Crippen LogP contribution in [-0.2, 0) is 27.8 Å². The van der Waals surface area contributed by atoms with Gasteiger partial charge in [-0.3, -0.25) is 14.3 Å². The Hall–Kier alpha value is -2.63. The lowest BCUT2D eigenvalue weighted by Crippen LogP contribution is -2.30. The molecule has 6 heteroatoms. The van der Waals surface area contributed by atoms with Crippen molar-refractivity contribution < 1.29 is 14.3 Å². The molecule has 1 aromatic heterocycles. The van der Waals surface area contributed by atoms with Crippen molar-refractivity contribution in [3.05, 3.63) is 46.8 Å². The Morgan fingerprint density at radius 2 is 1.83 bits per heavy atom. The van der Waals surface area contributed by atoms with Crippen LogP contribution < -0.4 is 5.32 Å². The van der Waals surface area contributed by atoms with E-state index in [2.05, 4.69) is 10.4 Å². The van der Waals surface area contributed by atoms with E-state index in [4.69, 9.17) is 4.74 Å². The molecule has 0 fully saturated rings. The molecule has 1 unspecified atom stereocenters. The summed E-state index contributed by atoms with van der Waals surface area (Å²) in [7, 11) is 1.83. The normalized spacial score (nSPS) is 11.9. The summed E-state index contributed by atoms with van der Waals surface area (Å²) in [6.45, 7) is 7.28. The van der Waals surface area contributed by atoms with Gasteiger partial charge >= 0.3 is 5.97 Å². The molecule has 0 aliphatic heterocycles. The minimum atomic E-state index is -0.865. The van der Waals surface area contributed by atoms with Gasteiger partial charge in [-0.1, -0.05) is 17.7 Å². The van der Waals surface area contributed by atoms with Crippen LogP contribution in [0.2, 0.25) is 0 Å². The van der Waals surface area contributed by atoms with Gasteiger partial charge in [0.2, 0.25) is 0 Å². The fourth-order valence-electron chi connectivity index (χ4n) is 2.39. The SMILES string of the molecule is Cc1ccc(NC(=O)C(C)OC(=O)Cc2c(C)nn(C)c2C)cc1. The number of benzene rings is 1. The van der Waals surface area contributed by atoms with E-state index in [-0.39, 0.29) is 12.3 Å². The van der Waals surface area contributed by atoms with Crippen molar-refractivity contribution in [2.75, 3.05) is 5.32 Å². The predicted molar refractivity (Wildman–Crippen MR) is 91.7 cm³/mol. The van der Waals surface area contributed by atoms with Gasteiger partial charge in [0.25, 0.3) is 5.91 Å². The van der Waals surface area contributed by atoms with Gasteiger partial charge in [0.15, 0.2) is 6.10 Å². The fraction of sp³-hybridized carbons (Fsp3) is 0.389. The van der Waals surface area contributed by atoms with Crippen LogP contribution >= 0.6 is 0 Å². The minimum absolute atomic E-state index is 0.105. The quantitative estimate of drug-likeness (QED) is 0.855. The van der Waals surface area contributed by atoms with E-state index >= 15 is 0 Å². The van der Waals surface area contributed by atoms with Gasteiger partial charge in [-0.15, -0.1) is 0 Å². The monoisotopic (exact) mass is 329 g/mol. The number of rotatable bonds is 5. The van der Waals surface area contributed by atoms with Crippen LogP contribution in [0.15, 0.2) is 24.3 Å². The molecule has 1 atom stereocenters. The van der Waals surface area contributed by atoms with Gasteiger partial charge in [-0.25, -0.2) is 0 Å². The molecule has 0 radical (unpaired) electrons. The molecule has 0 saturated heterocycles. The Kier molecular flexibility index (Phi) is 5.39. The van der Waals surface area contributed by atoms with Crippen molar-refractivity contribution in [1.82, 2.24) is 9.78 Å². The first kappa shape index (κ1) is 17.7. The molecular formula is C18H23N3O3. The molecule has 6 nitrogen and oxygen atoms in total. The van der Waals surface area contributed by atoms with E-state index in [1.165, 1.54) is 0 Å². The summed E-state index contributed by atoms with van der Waals surface area (Å²) >= 11 is 0. The highest BCUT2D eigenvalue weighted by Gasteiger charge is 2.20. The van der Waals surface area contributed by atoms with E-state index in [9.17, 15) is 9.59 Å². The highest BCUT2D eigenvalue weighted by Crippen LogP contribution is 2.14. The second-order valence-corrected chi connectivity index (χ2v) is 5.94. The van der Waals surface area contributed by atoms with Crippen LogP contribution in [0.5, 0.6) is 0 Å². The highest BCUT2D eigenvalue weighted by molar-refractivity contribution is 5.95. The second-order valence-electron chi connectivity index (χ2n) is 5.94. The molecule has 0 aliphatic carbocycles. The number of ether oxygens (including phenoxy) is 1. The zero-order valence-electron chi connectivity index (χ0n) is 14.7. The standard InChI is InChI=1S/C18H23N3O3/c1-11-6-8-15(9-7-11)19-18(23)14(4)24-17(22)10-16-12(2)20-21(5)13(16)3/h6-9,14H,10H2,1-5H3,(H,19,23). The average Bonchev–Trinajstić information content (AvgIpc) is 2.76. The molecule has 1 aromatic carbocycles. The maximum absolute atomic E-state index is 12.1. The number of nitrogens with zero attached hydrogens (tertiary/aromatic N) is 2. The number of anilines is 1. The summed E-state index contributed by atoms with van der Waals surface area (Å²) in [5, 5.41) is 7.00. The summed E-state index contributed by atoms with van der Waals surface area (Å²) in [6, 6.07) is 7.43. The summed E-state index contributed by atoms with van der Waals surface area (Å²) in [5.74, 6) is -0.799. The number of hydrogen-bond acceptors (Lipinski definition) is 4. The first-order valence-corrected chi connectivity index (χ1v) is 7.84. The Morgan fingerprint density at radius 1 is 1.21 bits per heavy atom. The van der Waals surface area contributed by atoms with Gasteiger partial charge in [0.05, 0.1) is 12.1 Å². The van der Waals surface area contributed by atoms with Crippen molar-refractivity contribution >= 4 is 17.6 Å². The third kappa shape index (κ3) is 4.22. The van der Waals surface area contributed by atoms with Crippen LogP contribution in [-0.4, -0.2) is 27.8 Å². The van der Waals surface area contributed by atoms with Crippen LogP contribution in [0.4, 0.5) is 5.69 Å². The Morgan fingerprint density at radius 3 is 2.38 bits per heavy atom. The third-order valence-corrected chi connectivity index (χ3v) is 3.98. The lowest BCUT2D eigenvalue weighted by Gasteiger charge is -2.14. The zero-order valence-corrected chi connectivity index (χ0v) is 14.7. The number of nitrogens with one attached hydrogen (secondary N) is 1. The fourth-order valence-corrected chi connectivity index (χ4v) is 2.39. The number of carbonyl (C=O) groups excluding carboxylic acids is 2. The van der Waals surface area contributed by atoms with E-state index in [1.807, 2.05) is 52.1 Å². The molecule has 1 N–H and O–H groups in total. The van der Waals surface area contributed by atoms with Gasteiger partial charge in [-0.2, -0.15) is 5.10 Å². The van der Waals surface area contributed by atoms with Crippen molar-refractivity contribution in [2.45, 2.75) is 40.2 Å². The number of esters is 1. The number of aryl methyl sites for hydroxylation is 3. The molecule has 0 bridgehead atoms. The minimum Gasteiger partial charge on any atom is -0.452 e. The van der Waals surface area contributed by atoms with Crippen molar-refractivity contribution in [2.24, 2.45) is 7.05 Å². The van der Waals surface area contributed by atoms with Gasteiger partial charge in [0, 0.05) is 24.0 Å². The topological polar surface area (TPSA) is 73.2 Å². The maximum Gasteiger partial charge on any atom is 0.311 e. The highest BCUT2D eigenvalue weighted by atomic mass is 16.5. The zero-order chi connectivity index (χ0) is 17.9. The van der Waals surface area contributed by atoms with E-state index < -0.39 is 12.1 Å². The molecule has 2 rings (SSSR count). The molecule has 0 saturated carbocycles. The predicted octanol–water partition coefficient (Wildman–Crippen LogP) is 2.46. The van der Waals surface area contributed by atoms with E-state index in [0.717, 1.165) is 22.5 Å². The van der Waals surface area contributed by atoms with Crippen LogP contribution in [0.1, 0.15) is 29.4 Å². The number of hydrogen-bond donors (Lipinski definition) is 1. The summed E-state index contributed by atoms with van der Waals surface area (Å²) in [6.07, 6.45) is -0.760. The molecular weight excluding hydrogens is 306 g/mol. The first-order valence-electron chi connectivity index (χ1n) is 7.84. The third-order valence-electron chi connectivity index (χ3n) is 3.98. The molecule has 0 aliphatic rings. The summed E-state index contributed by atoms with van der Waals surface area (Å²) in [5.41, 5.74) is 4.33. The Labute approximate surface area is 141 Å². The van der Waals surface area contributed by atoms with Gasteiger partial charge in [0.1, 0.15) is 0 Å². The number of aromatic nitrogens is 2. The smallest absolute Gasteiger partial charge is 0.311 e. The van der Waals surface area contributed by atoms with Crippen molar-refractivity contribution in [1.29, 1.82) is 0 Å². The van der Waals surface area contributed by atoms with Crippen LogP contribution in [0.25, 0.3) is 0 Å². The second kappa shape index (κ2) is 7.29. The largest absolute Gasteiger partial charge is 0.452 e. The van der Waals surface area contributed by atoms with Crippen molar-refractivity contribution in [3.63, 3.8) is 0 Å². The van der Waals surface area contributed by atoms with E-state index in [0.29, 0.717) is 5.69 Å². The van der Waals surface area contributed by atoms with Gasteiger partial charge in [-0.05, 0) is 39.8 Å². The van der Waals surface area contributed by atoms with Crippen molar-refractivity contribution in [3.8, 4) is 0 Å². The maximum atomic E-state index is 12.1. The van der Waals surface area contributed by atoms with E-state index in [1.54, 1.807) is 11.6 Å². The molecule has 1 heterocycles. The summed E-state index contributed by atoms with van der Waals surface area (Å²) < 4.78 is 6.97. The molecule has 1 amide bonds. The number of carbonyl (C=O) groups is 2. The van der Waals surface area contributed by atoms with Gasteiger partial charge < -0.3 is 10.1 Å². The number of amides is 1. The molecule has 24 heavy (non-hydrogen) atoms. The van der Waals surface area contributed by atoms with Crippen LogP contribution in [0, 0.1) is 20.8 Å². The summed E-state index contributed by atoms with van der Waals surface area (Å²) in [4.78, 5) is 24.2.